The van der Waals surface area contributed by atoms with Gasteiger partial charge in [-0.2, -0.15) is 0 Å². The molecule has 0 saturated heterocycles. The van der Waals surface area contributed by atoms with Crippen molar-refractivity contribution in [1.82, 2.24) is 14.5 Å². The number of benzene rings is 1. The number of hydrogen-bond donors (Lipinski definition) is 1. The molecule has 1 aromatic heterocycles. The van der Waals surface area contributed by atoms with Gasteiger partial charge in [0, 0.05) is 25.7 Å². The summed E-state index contributed by atoms with van der Waals surface area (Å²) in [6, 6.07) is 6.85. The van der Waals surface area contributed by atoms with Crippen LogP contribution in [-0.2, 0) is 13.1 Å². The molecule has 3 rings (SSSR count). The van der Waals surface area contributed by atoms with Gasteiger partial charge in [-0.15, -0.1) is 0 Å². The molecule has 19 heavy (non-hydrogen) atoms. The molecule has 0 amide bonds. The summed E-state index contributed by atoms with van der Waals surface area (Å²) in [6.07, 6.45) is 0. The van der Waals surface area contributed by atoms with E-state index in [0.717, 1.165) is 29.9 Å². The zero-order chi connectivity index (χ0) is 13.6. The molecule has 0 aliphatic carbocycles. The van der Waals surface area contributed by atoms with Crippen LogP contribution < -0.4 is 0 Å². The lowest BCUT2D eigenvalue weighted by atomic mass is 10.1. The molecular weight excluding hydrogens is 254 g/mol. The summed E-state index contributed by atoms with van der Waals surface area (Å²) in [5, 5.41) is 0. The molecule has 2 aromatic rings. The summed E-state index contributed by atoms with van der Waals surface area (Å²) in [5.41, 5.74) is 4.96. The quantitative estimate of drug-likeness (QED) is 0.669. The van der Waals surface area contributed by atoms with E-state index in [2.05, 4.69) is 53.1 Å². The Kier molecular flexibility index (Phi) is 3.07. The van der Waals surface area contributed by atoms with E-state index in [1.54, 1.807) is 0 Å². The second kappa shape index (κ2) is 4.62. The van der Waals surface area contributed by atoms with Crippen LogP contribution in [0.15, 0.2) is 30.4 Å². The first-order valence-electron chi connectivity index (χ1n) is 6.65. The van der Waals surface area contributed by atoms with Crippen LogP contribution >= 0.6 is 12.2 Å². The Hall–Kier alpha value is -1.39. The highest BCUT2D eigenvalue weighted by Crippen LogP contribution is 2.25. The third kappa shape index (κ3) is 2.15. The van der Waals surface area contributed by atoms with E-state index in [4.69, 9.17) is 12.2 Å². The number of H-pyrrole nitrogens is 1. The van der Waals surface area contributed by atoms with Crippen molar-refractivity contribution in [1.29, 1.82) is 0 Å². The Balaban J connectivity index is 2.13. The summed E-state index contributed by atoms with van der Waals surface area (Å²) in [7, 11) is 0. The van der Waals surface area contributed by atoms with Gasteiger partial charge in [-0.3, -0.25) is 4.90 Å². The molecule has 1 aliphatic rings. The highest BCUT2D eigenvalue weighted by atomic mass is 32.1. The largest absolute Gasteiger partial charge is 0.331 e. The Morgan fingerprint density at radius 2 is 2.32 bits per heavy atom. The summed E-state index contributed by atoms with van der Waals surface area (Å²) >= 11 is 5.46. The van der Waals surface area contributed by atoms with Crippen molar-refractivity contribution in [2.24, 2.45) is 0 Å². The Bertz CT molecular complexity index is 695. The third-order valence-corrected chi connectivity index (χ3v) is 4.12. The van der Waals surface area contributed by atoms with Crippen molar-refractivity contribution in [2.75, 3.05) is 6.54 Å². The predicted octanol–water partition coefficient (Wildman–Crippen LogP) is 3.48. The van der Waals surface area contributed by atoms with Crippen LogP contribution in [0.2, 0.25) is 0 Å². The molecule has 2 heterocycles. The van der Waals surface area contributed by atoms with Crippen LogP contribution in [-0.4, -0.2) is 27.0 Å². The van der Waals surface area contributed by atoms with Crippen molar-refractivity contribution in [3.8, 4) is 0 Å². The van der Waals surface area contributed by atoms with Crippen LogP contribution in [0.4, 0.5) is 0 Å². The fourth-order valence-corrected chi connectivity index (χ4v) is 3.19. The number of para-hydroxylation sites is 1. The number of nitrogens with zero attached hydrogens (tertiary/aromatic N) is 2. The van der Waals surface area contributed by atoms with Gasteiger partial charge < -0.3 is 9.55 Å². The van der Waals surface area contributed by atoms with Crippen LogP contribution in [0.25, 0.3) is 11.0 Å². The zero-order valence-corrected chi connectivity index (χ0v) is 12.3. The smallest absolute Gasteiger partial charge is 0.178 e. The van der Waals surface area contributed by atoms with Gasteiger partial charge in [-0.05, 0) is 37.7 Å². The molecule has 1 aromatic carbocycles. The molecule has 0 unspecified atom stereocenters. The third-order valence-electron chi connectivity index (χ3n) is 3.79. The van der Waals surface area contributed by atoms with Crippen LogP contribution in [0, 0.1) is 4.77 Å². The fourth-order valence-electron chi connectivity index (χ4n) is 2.91. The van der Waals surface area contributed by atoms with Gasteiger partial charge in [0.05, 0.1) is 11.0 Å². The van der Waals surface area contributed by atoms with Crippen LogP contribution in [0.5, 0.6) is 0 Å². The molecule has 0 spiro atoms. The topological polar surface area (TPSA) is 24.0 Å². The van der Waals surface area contributed by atoms with E-state index in [1.807, 2.05) is 0 Å². The maximum atomic E-state index is 5.46. The molecule has 0 saturated carbocycles. The molecule has 0 fully saturated rings. The molecule has 3 nitrogen and oxygen atoms in total. The van der Waals surface area contributed by atoms with E-state index in [1.165, 1.54) is 16.7 Å². The Morgan fingerprint density at radius 1 is 1.53 bits per heavy atom. The van der Waals surface area contributed by atoms with Crippen LogP contribution in [0.1, 0.15) is 19.4 Å². The van der Waals surface area contributed by atoms with E-state index in [-0.39, 0.29) is 0 Å². The number of rotatable bonds is 2. The van der Waals surface area contributed by atoms with Crippen molar-refractivity contribution in [2.45, 2.75) is 33.0 Å². The molecule has 0 radical (unpaired) electrons. The summed E-state index contributed by atoms with van der Waals surface area (Å²) in [6.45, 7) is 11.2. The van der Waals surface area contributed by atoms with E-state index in [9.17, 15) is 0 Å². The molecule has 1 atom stereocenters. The average molecular weight is 273 g/mol. The van der Waals surface area contributed by atoms with Gasteiger partial charge in [-0.25, -0.2) is 0 Å². The second-order valence-corrected chi connectivity index (χ2v) is 5.95. The number of nitrogens with one attached hydrogen (secondary N) is 1. The second-order valence-electron chi connectivity index (χ2n) is 5.57. The lowest BCUT2D eigenvalue weighted by Gasteiger charge is -2.27. The number of aromatic nitrogens is 2. The maximum Gasteiger partial charge on any atom is 0.178 e. The van der Waals surface area contributed by atoms with Crippen molar-refractivity contribution < 1.29 is 0 Å². The van der Waals surface area contributed by atoms with Gasteiger partial charge in [-0.1, -0.05) is 24.3 Å². The van der Waals surface area contributed by atoms with E-state index in [0.29, 0.717) is 6.04 Å². The SMILES string of the molecule is C=C(C)CN1Cc2cccc3[nH]c(=S)n(c23)C[C@H]1C. The monoisotopic (exact) mass is 273 g/mol. The summed E-state index contributed by atoms with van der Waals surface area (Å²) in [4.78, 5) is 5.78. The molecule has 1 aliphatic heterocycles. The van der Waals surface area contributed by atoms with Crippen molar-refractivity contribution in [3.05, 3.63) is 40.7 Å². The van der Waals surface area contributed by atoms with Crippen molar-refractivity contribution in [3.63, 3.8) is 0 Å². The summed E-state index contributed by atoms with van der Waals surface area (Å²) in [5.74, 6) is 0. The Labute approximate surface area is 118 Å². The number of hydrogen-bond acceptors (Lipinski definition) is 2. The molecule has 4 heteroatoms. The Morgan fingerprint density at radius 3 is 3.05 bits per heavy atom. The van der Waals surface area contributed by atoms with Gasteiger partial charge in [0.15, 0.2) is 4.77 Å². The number of aromatic amines is 1. The molecule has 1 N–H and O–H groups in total. The number of imidazole rings is 1. The highest BCUT2D eigenvalue weighted by molar-refractivity contribution is 7.71. The molecule has 100 valence electrons. The van der Waals surface area contributed by atoms with E-state index >= 15 is 0 Å². The summed E-state index contributed by atoms with van der Waals surface area (Å²) < 4.78 is 3.06. The van der Waals surface area contributed by atoms with Gasteiger partial charge in [0.1, 0.15) is 0 Å². The van der Waals surface area contributed by atoms with Crippen LogP contribution in [0.3, 0.4) is 0 Å². The normalized spacial score (nSPS) is 19.6. The predicted molar refractivity (Wildman–Crippen MR) is 81.8 cm³/mol. The fraction of sp³-hybridized carbons (Fsp3) is 0.400. The zero-order valence-electron chi connectivity index (χ0n) is 11.4. The minimum atomic E-state index is 0.454. The first kappa shape index (κ1) is 12.6. The molecule has 0 bridgehead atoms. The average Bonchev–Trinajstić information content (AvgIpc) is 2.57. The van der Waals surface area contributed by atoms with Gasteiger partial charge in [0.2, 0.25) is 0 Å². The minimum absolute atomic E-state index is 0.454. The van der Waals surface area contributed by atoms with Crippen molar-refractivity contribution >= 4 is 23.3 Å². The standard InChI is InChI=1S/C15H19N3S/c1-10(2)7-17-9-12-5-4-6-13-14(12)18(8-11(17)3)15(19)16-13/h4-6,11H,1,7-9H2,2-3H3,(H,16,19)/t11-/m1/s1. The van der Waals surface area contributed by atoms with E-state index < -0.39 is 0 Å². The molecular formula is C15H19N3S. The van der Waals surface area contributed by atoms with Gasteiger partial charge >= 0.3 is 0 Å². The first-order chi connectivity index (χ1) is 9.06. The lowest BCUT2D eigenvalue weighted by Crippen LogP contribution is -2.35. The minimum Gasteiger partial charge on any atom is -0.331 e. The van der Waals surface area contributed by atoms with Gasteiger partial charge in [0.25, 0.3) is 0 Å². The maximum absolute atomic E-state index is 5.46. The lowest BCUT2D eigenvalue weighted by molar-refractivity contribution is 0.206. The first-order valence-corrected chi connectivity index (χ1v) is 7.06. The highest BCUT2D eigenvalue weighted by Gasteiger charge is 2.22.